The van der Waals surface area contributed by atoms with Gasteiger partial charge in [-0.2, -0.15) is 5.10 Å². The first-order valence-electron chi connectivity index (χ1n) is 12.6. The van der Waals surface area contributed by atoms with Crippen LogP contribution in [0.5, 0.6) is 0 Å². The number of likely N-dealkylation sites (tertiary alicyclic amines) is 1. The van der Waals surface area contributed by atoms with Gasteiger partial charge >= 0.3 is 6.03 Å². The van der Waals surface area contributed by atoms with Gasteiger partial charge in [0.1, 0.15) is 0 Å². The minimum Gasteiger partial charge on any atom is -0.394 e. The second-order valence-electron chi connectivity index (χ2n) is 9.37. The Labute approximate surface area is 225 Å². The Balaban J connectivity index is 1.38. The van der Waals surface area contributed by atoms with Crippen molar-refractivity contribution in [1.82, 2.24) is 24.9 Å². The quantitative estimate of drug-likeness (QED) is 0.521. The van der Waals surface area contributed by atoms with Gasteiger partial charge < -0.3 is 25.1 Å². The van der Waals surface area contributed by atoms with E-state index in [0.29, 0.717) is 30.0 Å². The number of aromatic nitrogens is 2. The highest BCUT2D eigenvalue weighted by Gasteiger charge is 2.34. The molecule has 0 radical (unpaired) electrons. The van der Waals surface area contributed by atoms with Crippen molar-refractivity contribution in [2.45, 2.75) is 25.4 Å². The molecule has 1 saturated heterocycles. The van der Waals surface area contributed by atoms with Crippen molar-refractivity contribution in [3.63, 3.8) is 0 Å². The van der Waals surface area contributed by atoms with E-state index in [0.717, 1.165) is 18.4 Å². The van der Waals surface area contributed by atoms with Crippen LogP contribution in [0.1, 0.15) is 28.8 Å². The number of aliphatic hydroxyl groups excluding tert-OH is 1. The summed E-state index contributed by atoms with van der Waals surface area (Å²) in [5.41, 5.74) is 2.38. The van der Waals surface area contributed by atoms with Crippen LogP contribution in [0.25, 0.3) is 5.69 Å². The second kappa shape index (κ2) is 11.2. The number of nitrogens with zero attached hydrogens (tertiary/aromatic N) is 5. The van der Waals surface area contributed by atoms with E-state index in [9.17, 15) is 19.5 Å². The third kappa shape index (κ3) is 5.23. The molecule has 0 bridgehead atoms. The maximum atomic E-state index is 13.8. The molecule has 2 aromatic carbocycles. The highest BCUT2D eigenvalue weighted by atomic mass is 35.5. The number of halogens is 1. The zero-order valence-electron chi connectivity index (χ0n) is 20.8. The second-order valence-corrected chi connectivity index (χ2v) is 9.78. The van der Waals surface area contributed by atoms with Gasteiger partial charge in [0.2, 0.25) is 5.91 Å². The van der Waals surface area contributed by atoms with Gasteiger partial charge in [-0.1, -0.05) is 29.8 Å². The van der Waals surface area contributed by atoms with E-state index in [-0.39, 0.29) is 43.1 Å². The molecule has 1 aromatic heterocycles. The van der Waals surface area contributed by atoms with Crippen LogP contribution in [0.2, 0.25) is 5.02 Å². The maximum absolute atomic E-state index is 13.8. The van der Waals surface area contributed by atoms with Gasteiger partial charge in [-0.15, -0.1) is 0 Å². The van der Waals surface area contributed by atoms with Crippen molar-refractivity contribution in [3.8, 4) is 5.69 Å². The zero-order valence-corrected chi connectivity index (χ0v) is 21.5. The monoisotopic (exact) mass is 536 g/mol. The van der Waals surface area contributed by atoms with E-state index in [4.69, 9.17) is 11.6 Å². The van der Waals surface area contributed by atoms with Crippen LogP contribution in [-0.2, 0) is 11.3 Å². The summed E-state index contributed by atoms with van der Waals surface area (Å²) in [7, 11) is 0. The minimum atomic E-state index is -0.699. The number of benzene rings is 2. The van der Waals surface area contributed by atoms with Gasteiger partial charge in [0, 0.05) is 44.3 Å². The molecule has 0 unspecified atom stereocenters. The first kappa shape index (κ1) is 25.7. The molecule has 3 heterocycles. The third-order valence-electron chi connectivity index (χ3n) is 6.98. The van der Waals surface area contributed by atoms with E-state index >= 15 is 0 Å². The molecule has 0 aliphatic carbocycles. The lowest BCUT2D eigenvalue weighted by atomic mass is 10.1. The Morgan fingerprint density at radius 2 is 1.87 bits per heavy atom. The molecular weight excluding hydrogens is 508 g/mol. The predicted molar refractivity (Wildman–Crippen MR) is 142 cm³/mol. The fourth-order valence-corrected chi connectivity index (χ4v) is 5.19. The number of para-hydroxylation sites is 1. The Morgan fingerprint density at radius 3 is 2.58 bits per heavy atom. The summed E-state index contributed by atoms with van der Waals surface area (Å²) in [6.07, 6.45) is 5.37. The van der Waals surface area contributed by atoms with Crippen molar-refractivity contribution >= 4 is 35.1 Å². The van der Waals surface area contributed by atoms with Gasteiger partial charge in [-0.3, -0.25) is 9.59 Å². The molecule has 0 saturated carbocycles. The lowest BCUT2D eigenvalue weighted by Crippen LogP contribution is -2.52. The fraction of sp³-hybridized carbons (Fsp3) is 0.333. The third-order valence-corrected chi connectivity index (χ3v) is 7.29. The zero-order chi connectivity index (χ0) is 26.6. The van der Waals surface area contributed by atoms with Crippen molar-refractivity contribution in [2.24, 2.45) is 0 Å². The Kier molecular flexibility index (Phi) is 7.62. The number of carbonyl (C=O) groups excluding carboxylic acids is 3. The molecule has 198 valence electrons. The van der Waals surface area contributed by atoms with Crippen LogP contribution in [-0.4, -0.2) is 81.4 Å². The number of fused-ring (bicyclic) bond motifs is 1. The number of rotatable bonds is 5. The maximum Gasteiger partial charge on any atom is 0.318 e. The topological polar surface area (TPSA) is 111 Å². The number of aliphatic hydroxyl groups is 1. The Bertz CT molecular complexity index is 1320. The fourth-order valence-electron chi connectivity index (χ4n) is 4.93. The lowest BCUT2D eigenvalue weighted by molar-refractivity contribution is -0.129. The Hall–Kier alpha value is -3.89. The van der Waals surface area contributed by atoms with Crippen LogP contribution < -0.4 is 10.2 Å². The smallest absolute Gasteiger partial charge is 0.318 e. The summed E-state index contributed by atoms with van der Waals surface area (Å²) >= 11 is 6.55. The van der Waals surface area contributed by atoms with Gasteiger partial charge in [-0.05, 0) is 48.7 Å². The van der Waals surface area contributed by atoms with E-state index in [1.54, 1.807) is 51.1 Å². The molecule has 5 rings (SSSR count). The van der Waals surface area contributed by atoms with Gasteiger partial charge in [0.05, 0.1) is 35.5 Å². The summed E-state index contributed by atoms with van der Waals surface area (Å²) in [6.45, 7) is 1.15. The van der Waals surface area contributed by atoms with Gasteiger partial charge in [-0.25, -0.2) is 9.48 Å². The molecule has 2 N–H and O–H groups in total. The Morgan fingerprint density at radius 1 is 1.08 bits per heavy atom. The molecule has 1 fully saturated rings. The SMILES string of the molecule is O=C(CNC(=O)N1Cc2ccccc2N(C(=O)c2ccc(-n3cccn3)cc2Cl)C[C@H]1CO)N1CCCC1. The molecule has 0 spiro atoms. The molecule has 1 atom stereocenters. The van der Waals surface area contributed by atoms with E-state index in [1.165, 1.54) is 4.90 Å². The van der Waals surface area contributed by atoms with Crippen LogP contribution >= 0.6 is 11.6 Å². The molecular formula is C27H29ClN6O4. The van der Waals surface area contributed by atoms with Gasteiger partial charge in [0.15, 0.2) is 0 Å². The number of urea groups is 1. The predicted octanol–water partition coefficient (Wildman–Crippen LogP) is 2.68. The summed E-state index contributed by atoms with van der Waals surface area (Å²) in [5.74, 6) is -0.476. The highest BCUT2D eigenvalue weighted by molar-refractivity contribution is 6.34. The summed E-state index contributed by atoms with van der Waals surface area (Å²) in [4.78, 5) is 44.2. The average molecular weight is 537 g/mol. The molecule has 3 aromatic rings. The van der Waals surface area contributed by atoms with E-state index < -0.39 is 12.1 Å². The van der Waals surface area contributed by atoms with E-state index in [1.807, 2.05) is 24.3 Å². The van der Waals surface area contributed by atoms with Crippen molar-refractivity contribution in [2.75, 3.05) is 37.7 Å². The molecule has 2 aliphatic rings. The van der Waals surface area contributed by atoms with E-state index in [2.05, 4.69) is 10.4 Å². The van der Waals surface area contributed by atoms with Crippen LogP contribution in [0.3, 0.4) is 0 Å². The number of amides is 4. The highest BCUT2D eigenvalue weighted by Crippen LogP contribution is 2.31. The molecule has 38 heavy (non-hydrogen) atoms. The standard InChI is InChI=1S/C27H29ClN6O4/c28-23-14-20(34-13-5-10-30-34)8-9-22(23)26(37)33-17-21(18-35)32(16-19-6-1-2-7-24(19)33)27(38)29-15-25(36)31-11-3-4-12-31/h1-2,5-10,13-14,21,35H,3-4,11-12,15-18H2,(H,29,38)/t21-/m0/s1. The lowest BCUT2D eigenvalue weighted by Gasteiger charge is -2.31. The number of hydrogen-bond donors (Lipinski definition) is 2. The summed E-state index contributed by atoms with van der Waals surface area (Å²) in [5, 5.41) is 17.4. The summed E-state index contributed by atoms with van der Waals surface area (Å²) < 4.78 is 1.65. The molecule has 11 heteroatoms. The van der Waals surface area contributed by atoms with Crippen molar-refractivity contribution in [1.29, 1.82) is 0 Å². The van der Waals surface area contributed by atoms with Gasteiger partial charge in [0.25, 0.3) is 5.91 Å². The number of hydrogen-bond acceptors (Lipinski definition) is 5. The average Bonchev–Trinajstić information content (AvgIpc) is 3.64. The first-order chi connectivity index (χ1) is 18.5. The molecule has 4 amide bonds. The molecule has 10 nitrogen and oxygen atoms in total. The van der Waals surface area contributed by atoms with Crippen molar-refractivity contribution < 1.29 is 19.5 Å². The molecule has 2 aliphatic heterocycles. The number of nitrogens with one attached hydrogen (secondary N) is 1. The van der Waals surface area contributed by atoms with Crippen molar-refractivity contribution in [3.05, 3.63) is 77.1 Å². The largest absolute Gasteiger partial charge is 0.394 e. The number of carbonyl (C=O) groups is 3. The van der Waals surface area contributed by atoms with Crippen LogP contribution in [0.4, 0.5) is 10.5 Å². The minimum absolute atomic E-state index is 0.0527. The normalized spacial score (nSPS) is 17.2. The number of anilines is 1. The van der Waals surface area contributed by atoms with Crippen LogP contribution in [0, 0.1) is 0 Å². The van der Waals surface area contributed by atoms with Crippen LogP contribution in [0.15, 0.2) is 60.9 Å². The first-order valence-corrected chi connectivity index (χ1v) is 13.0. The summed E-state index contributed by atoms with van der Waals surface area (Å²) in [6, 6.07) is 13.0.